The van der Waals surface area contributed by atoms with E-state index in [9.17, 15) is 9.90 Å². The molecule has 1 aromatic rings. The largest absolute Gasteiger partial charge is 0.396 e. The number of carbonyl (C=O) groups is 1. The number of nitrogens with one attached hydrogen (secondary N) is 1. The standard InChI is InChI=1S/C21H34N2O2/c1-15-11-16(2)20(17(3)12-15)9-10-22-21(25)13-23(4)19-7-5-18(14-24)6-8-19/h11-12,18-19,24H,5-10,13-14H2,1-4H3,(H,22,25). The summed E-state index contributed by atoms with van der Waals surface area (Å²) in [6.07, 6.45) is 5.18. The third kappa shape index (κ3) is 5.82. The van der Waals surface area contributed by atoms with Gasteiger partial charge in [-0.2, -0.15) is 0 Å². The van der Waals surface area contributed by atoms with Crippen molar-refractivity contribution in [3.8, 4) is 0 Å². The molecule has 140 valence electrons. The smallest absolute Gasteiger partial charge is 0.234 e. The van der Waals surface area contributed by atoms with Gasteiger partial charge in [-0.1, -0.05) is 17.7 Å². The summed E-state index contributed by atoms with van der Waals surface area (Å²) in [6.45, 7) is 7.86. The van der Waals surface area contributed by atoms with Crippen LogP contribution in [0.4, 0.5) is 0 Å². The normalized spacial score (nSPS) is 20.7. The van der Waals surface area contributed by atoms with E-state index >= 15 is 0 Å². The first-order valence-corrected chi connectivity index (χ1v) is 9.55. The molecule has 0 unspecified atom stereocenters. The summed E-state index contributed by atoms with van der Waals surface area (Å²) in [4.78, 5) is 14.4. The summed E-state index contributed by atoms with van der Waals surface area (Å²) in [6, 6.07) is 4.89. The lowest BCUT2D eigenvalue weighted by molar-refractivity contribution is -0.122. The number of amides is 1. The number of likely N-dealkylation sites (N-methyl/N-ethyl adjacent to an activating group) is 1. The molecule has 4 heteroatoms. The summed E-state index contributed by atoms with van der Waals surface area (Å²) in [5.41, 5.74) is 5.26. The molecule has 1 amide bonds. The van der Waals surface area contributed by atoms with Gasteiger partial charge < -0.3 is 10.4 Å². The van der Waals surface area contributed by atoms with Crippen molar-refractivity contribution in [1.82, 2.24) is 10.2 Å². The maximum atomic E-state index is 12.2. The highest BCUT2D eigenvalue weighted by Crippen LogP contribution is 2.26. The molecule has 0 aromatic heterocycles. The first-order chi connectivity index (χ1) is 11.9. The molecule has 4 nitrogen and oxygen atoms in total. The minimum absolute atomic E-state index is 0.106. The Morgan fingerprint density at radius 2 is 1.76 bits per heavy atom. The van der Waals surface area contributed by atoms with Crippen LogP contribution in [0.1, 0.15) is 47.9 Å². The lowest BCUT2D eigenvalue weighted by Gasteiger charge is -2.33. The molecule has 25 heavy (non-hydrogen) atoms. The Balaban J connectivity index is 1.74. The van der Waals surface area contributed by atoms with Gasteiger partial charge in [-0.15, -0.1) is 0 Å². The highest BCUT2D eigenvalue weighted by molar-refractivity contribution is 5.78. The highest BCUT2D eigenvalue weighted by Gasteiger charge is 2.24. The van der Waals surface area contributed by atoms with Crippen molar-refractivity contribution in [3.63, 3.8) is 0 Å². The first-order valence-electron chi connectivity index (χ1n) is 9.55. The lowest BCUT2D eigenvalue weighted by atomic mass is 9.86. The molecule has 2 N–H and O–H groups in total. The van der Waals surface area contributed by atoms with E-state index < -0.39 is 0 Å². The van der Waals surface area contributed by atoms with Gasteiger partial charge in [0, 0.05) is 19.2 Å². The minimum Gasteiger partial charge on any atom is -0.396 e. The minimum atomic E-state index is 0.106. The van der Waals surface area contributed by atoms with Crippen molar-refractivity contribution in [2.24, 2.45) is 5.92 Å². The van der Waals surface area contributed by atoms with Crippen LogP contribution in [0.3, 0.4) is 0 Å². The Labute approximate surface area is 152 Å². The van der Waals surface area contributed by atoms with Crippen LogP contribution < -0.4 is 5.32 Å². The number of rotatable bonds is 7. The highest BCUT2D eigenvalue weighted by atomic mass is 16.3. The van der Waals surface area contributed by atoms with Gasteiger partial charge in [0.05, 0.1) is 6.54 Å². The molecule has 1 fully saturated rings. The summed E-state index contributed by atoms with van der Waals surface area (Å²) < 4.78 is 0. The Morgan fingerprint density at radius 1 is 1.16 bits per heavy atom. The maximum absolute atomic E-state index is 12.2. The zero-order chi connectivity index (χ0) is 18.4. The van der Waals surface area contributed by atoms with Gasteiger partial charge in [-0.05, 0) is 82.5 Å². The van der Waals surface area contributed by atoms with E-state index in [0.29, 0.717) is 31.7 Å². The average molecular weight is 347 g/mol. The van der Waals surface area contributed by atoms with Gasteiger partial charge in [0.2, 0.25) is 5.91 Å². The van der Waals surface area contributed by atoms with E-state index in [1.54, 1.807) is 0 Å². The predicted molar refractivity (Wildman–Crippen MR) is 103 cm³/mol. The number of hydrogen-bond donors (Lipinski definition) is 2. The molecule has 0 saturated heterocycles. The van der Waals surface area contributed by atoms with Gasteiger partial charge >= 0.3 is 0 Å². The van der Waals surface area contributed by atoms with Crippen LogP contribution in [-0.4, -0.2) is 48.7 Å². The summed E-state index contributed by atoms with van der Waals surface area (Å²) >= 11 is 0. The average Bonchev–Trinajstić information content (AvgIpc) is 2.57. The second-order valence-corrected chi connectivity index (χ2v) is 7.75. The van der Waals surface area contributed by atoms with Crippen molar-refractivity contribution in [2.45, 2.75) is 58.9 Å². The van der Waals surface area contributed by atoms with E-state index in [4.69, 9.17) is 0 Å². The van der Waals surface area contributed by atoms with Crippen LogP contribution in [0.15, 0.2) is 12.1 Å². The van der Waals surface area contributed by atoms with E-state index in [0.717, 1.165) is 32.1 Å². The maximum Gasteiger partial charge on any atom is 0.234 e. The number of aryl methyl sites for hydroxylation is 3. The zero-order valence-corrected chi connectivity index (χ0v) is 16.3. The second-order valence-electron chi connectivity index (χ2n) is 7.75. The molecule has 1 aliphatic rings. The van der Waals surface area contributed by atoms with Crippen LogP contribution in [-0.2, 0) is 11.2 Å². The number of benzene rings is 1. The second kappa shape index (κ2) is 9.35. The van der Waals surface area contributed by atoms with Crippen LogP contribution >= 0.6 is 0 Å². The first kappa shape index (κ1) is 19.9. The number of hydrogen-bond acceptors (Lipinski definition) is 3. The Morgan fingerprint density at radius 3 is 2.32 bits per heavy atom. The van der Waals surface area contributed by atoms with Crippen molar-refractivity contribution in [2.75, 3.05) is 26.7 Å². The Kier molecular flexibility index (Phi) is 7.45. The summed E-state index contributed by atoms with van der Waals surface area (Å²) in [5, 5.41) is 12.3. The van der Waals surface area contributed by atoms with Crippen molar-refractivity contribution < 1.29 is 9.90 Å². The van der Waals surface area contributed by atoms with Crippen LogP contribution in [0, 0.1) is 26.7 Å². The van der Waals surface area contributed by atoms with Gasteiger partial charge in [-0.25, -0.2) is 0 Å². The molecule has 1 aromatic carbocycles. The fourth-order valence-electron chi connectivity index (χ4n) is 4.11. The van der Waals surface area contributed by atoms with Gasteiger partial charge in [-0.3, -0.25) is 9.69 Å². The monoisotopic (exact) mass is 346 g/mol. The number of aliphatic hydroxyl groups is 1. The third-order valence-corrected chi connectivity index (χ3v) is 5.63. The molecule has 0 atom stereocenters. The molecule has 2 rings (SSSR count). The Bertz CT molecular complexity index is 554. The zero-order valence-electron chi connectivity index (χ0n) is 16.3. The predicted octanol–water partition coefficient (Wildman–Crippen LogP) is 2.75. The topological polar surface area (TPSA) is 52.6 Å². The molecule has 0 heterocycles. The number of aliphatic hydroxyl groups excluding tert-OH is 1. The van der Waals surface area contributed by atoms with Crippen molar-refractivity contribution in [3.05, 3.63) is 34.4 Å². The molecule has 0 bridgehead atoms. The molecule has 1 aliphatic carbocycles. The van der Waals surface area contributed by atoms with E-state index in [-0.39, 0.29) is 5.91 Å². The third-order valence-electron chi connectivity index (χ3n) is 5.63. The number of nitrogens with zero attached hydrogens (tertiary/aromatic N) is 1. The molecule has 0 aliphatic heterocycles. The van der Waals surface area contributed by atoms with Gasteiger partial charge in [0.1, 0.15) is 0 Å². The molecular weight excluding hydrogens is 312 g/mol. The fraction of sp³-hybridized carbons (Fsp3) is 0.667. The summed E-state index contributed by atoms with van der Waals surface area (Å²) in [5.74, 6) is 0.564. The van der Waals surface area contributed by atoms with Gasteiger partial charge in [0.15, 0.2) is 0 Å². The lowest BCUT2D eigenvalue weighted by Crippen LogP contribution is -2.42. The SMILES string of the molecule is Cc1cc(C)c(CCNC(=O)CN(C)C2CCC(CO)CC2)c(C)c1. The van der Waals surface area contributed by atoms with E-state index in [1.807, 2.05) is 7.05 Å². The van der Waals surface area contributed by atoms with Gasteiger partial charge in [0.25, 0.3) is 0 Å². The van der Waals surface area contributed by atoms with E-state index in [2.05, 4.69) is 43.1 Å². The molecule has 0 spiro atoms. The molecule has 0 radical (unpaired) electrons. The number of carbonyl (C=O) groups excluding carboxylic acids is 1. The molecular formula is C21H34N2O2. The van der Waals surface area contributed by atoms with Crippen LogP contribution in [0.2, 0.25) is 0 Å². The fourth-order valence-corrected chi connectivity index (χ4v) is 4.11. The van der Waals surface area contributed by atoms with Crippen molar-refractivity contribution in [1.29, 1.82) is 0 Å². The van der Waals surface area contributed by atoms with Crippen LogP contribution in [0.25, 0.3) is 0 Å². The van der Waals surface area contributed by atoms with Crippen LogP contribution in [0.5, 0.6) is 0 Å². The Hall–Kier alpha value is -1.39. The molecule has 1 saturated carbocycles. The van der Waals surface area contributed by atoms with Crippen molar-refractivity contribution >= 4 is 5.91 Å². The van der Waals surface area contributed by atoms with E-state index in [1.165, 1.54) is 22.3 Å². The summed E-state index contributed by atoms with van der Waals surface area (Å²) in [7, 11) is 2.04. The quantitative estimate of drug-likeness (QED) is 0.798.